The van der Waals surface area contributed by atoms with Gasteiger partial charge in [0, 0.05) is 36.6 Å². The topological polar surface area (TPSA) is 81.5 Å². The first kappa shape index (κ1) is 19.3. The molecule has 150 valence electrons. The zero-order valence-electron chi connectivity index (χ0n) is 16.3. The lowest BCUT2D eigenvalue weighted by Crippen LogP contribution is -2.21. The van der Waals surface area contributed by atoms with Crippen LogP contribution in [-0.2, 0) is 13.1 Å². The van der Waals surface area contributed by atoms with Crippen LogP contribution in [0.2, 0.25) is 0 Å². The summed E-state index contributed by atoms with van der Waals surface area (Å²) in [4.78, 5) is 6.33. The Morgan fingerprint density at radius 3 is 2.79 bits per heavy atom. The van der Waals surface area contributed by atoms with Crippen molar-refractivity contribution in [1.82, 2.24) is 29.8 Å². The molecule has 29 heavy (non-hydrogen) atoms. The van der Waals surface area contributed by atoms with E-state index in [-0.39, 0.29) is 5.82 Å². The molecule has 0 aliphatic rings. The van der Waals surface area contributed by atoms with Gasteiger partial charge in [-0.15, -0.1) is 0 Å². The second kappa shape index (κ2) is 8.12. The van der Waals surface area contributed by atoms with Gasteiger partial charge in [0.05, 0.1) is 18.0 Å². The Kier molecular flexibility index (Phi) is 5.39. The molecule has 0 spiro atoms. The fourth-order valence-corrected chi connectivity index (χ4v) is 3.40. The van der Waals surface area contributed by atoms with E-state index in [1.165, 1.54) is 12.1 Å². The van der Waals surface area contributed by atoms with Gasteiger partial charge >= 0.3 is 0 Å². The smallest absolute Gasteiger partial charge is 0.150 e. The lowest BCUT2D eigenvalue weighted by Gasteiger charge is -2.14. The highest BCUT2D eigenvalue weighted by molar-refractivity contribution is 5.65. The third-order valence-electron chi connectivity index (χ3n) is 4.67. The van der Waals surface area contributed by atoms with Crippen LogP contribution < -0.4 is 5.32 Å². The Bertz CT molecular complexity index is 1110. The Balaban J connectivity index is 1.49. The Labute approximate surface area is 167 Å². The summed E-state index contributed by atoms with van der Waals surface area (Å²) in [6.07, 6.45) is 6.19. The summed E-state index contributed by atoms with van der Waals surface area (Å²) in [6.45, 7) is 0.976. The average Bonchev–Trinajstić information content (AvgIpc) is 3.34. The number of aromatic amines is 1. The summed E-state index contributed by atoms with van der Waals surface area (Å²) in [5.74, 6) is -0.283. The minimum atomic E-state index is -0.972. The van der Waals surface area contributed by atoms with Gasteiger partial charge in [0.25, 0.3) is 0 Å². The standard InChI is InChI=1S/C21H23FN6O/c1-27(2)11-15-5-14(6-18(22)7-15)8-23-21(29)20-19-4-3-16(12-28(19)13-24-20)17-9-25-26-10-17/h3-7,9-10,12-13,21,23,29H,8,11H2,1-2H3,(H,25,26). The molecule has 7 nitrogen and oxygen atoms in total. The molecule has 0 amide bonds. The van der Waals surface area contributed by atoms with E-state index in [0.717, 1.165) is 27.8 Å². The van der Waals surface area contributed by atoms with Crippen molar-refractivity contribution in [3.8, 4) is 11.1 Å². The second-order valence-corrected chi connectivity index (χ2v) is 7.32. The van der Waals surface area contributed by atoms with Gasteiger partial charge in [0.2, 0.25) is 0 Å². The maximum atomic E-state index is 13.9. The summed E-state index contributed by atoms with van der Waals surface area (Å²) in [5.41, 5.74) is 4.94. The number of nitrogens with one attached hydrogen (secondary N) is 2. The normalized spacial score (nSPS) is 12.7. The van der Waals surface area contributed by atoms with E-state index in [4.69, 9.17) is 0 Å². The summed E-state index contributed by atoms with van der Waals surface area (Å²) >= 11 is 0. The van der Waals surface area contributed by atoms with Crippen LogP contribution in [0.4, 0.5) is 4.39 Å². The second-order valence-electron chi connectivity index (χ2n) is 7.32. The summed E-state index contributed by atoms with van der Waals surface area (Å²) in [6, 6.07) is 8.80. The van der Waals surface area contributed by atoms with Crippen molar-refractivity contribution in [3.63, 3.8) is 0 Å². The minimum absolute atomic E-state index is 0.283. The number of pyridine rings is 1. The van der Waals surface area contributed by atoms with Crippen molar-refractivity contribution >= 4 is 5.52 Å². The molecular weight excluding hydrogens is 371 g/mol. The number of halogens is 1. The van der Waals surface area contributed by atoms with Gasteiger partial charge in [-0.25, -0.2) is 9.37 Å². The first-order chi connectivity index (χ1) is 14.0. The van der Waals surface area contributed by atoms with Crippen LogP contribution in [0.5, 0.6) is 0 Å². The van der Waals surface area contributed by atoms with Crippen molar-refractivity contribution < 1.29 is 9.50 Å². The monoisotopic (exact) mass is 394 g/mol. The van der Waals surface area contributed by atoms with Crippen LogP contribution in [0.3, 0.4) is 0 Å². The molecule has 8 heteroatoms. The molecule has 0 saturated heterocycles. The van der Waals surface area contributed by atoms with Gasteiger partial charge in [-0.1, -0.05) is 12.1 Å². The number of hydrogen-bond acceptors (Lipinski definition) is 5. The molecule has 0 fully saturated rings. The number of aliphatic hydroxyl groups is 1. The van der Waals surface area contributed by atoms with Crippen LogP contribution in [0.1, 0.15) is 23.0 Å². The van der Waals surface area contributed by atoms with Gasteiger partial charge in [0.1, 0.15) is 11.5 Å². The van der Waals surface area contributed by atoms with E-state index in [9.17, 15) is 9.50 Å². The van der Waals surface area contributed by atoms with E-state index in [1.54, 1.807) is 12.5 Å². The molecular formula is C21H23FN6O. The lowest BCUT2D eigenvalue weighted by molar-refractivity contribution is 0.134. The Hall–Kier alpha value is -3.07. The van der Waals surface area contributed by atoms with Gasteiger partial charge < -0.3 is 14.4 Å². The zero-order valence-corrected chi connectivity index (χ0v) is 16.3. The zero-order chi connectivity index (χ0) is 20.4. The van der Waals surface area contributed by atoms with E-state index in [2.05, 4.69) is 20.5 Å². The number of rotatable bonds is 7. The molecule has 0 bridgehead atoms. The quantitative estimate of drug-likeness (QED) is 0.420. The van der Waals surface area contributed by atoms with E-state index < -0.39 is 6.23 Å². The number of fused-ring (bicyclic) bond motifs is 1. The van der Waals surface area contributed by atoms with Crippen LogP contribution in [0.15, 0.2) is 55.2 Å². The number of benzene rings is 1. The van der Waals surface area contributed by atoms with Crippen molar-refractivity contribution in [2.45, 2.75) is 19.3 Å². The number of H-pyrrole nitrogens is 1. The molecule has 4 aromatic rings. The van der Waals surface area contributed by atoms with Crippen molar-refractivity contribution in [3.05, 3.63) is 77.9 Å². The predicted molar refractivity (Wildman–Crippen MR) is 108 cm³/mol. The van der Waals surface area contributed by atoms with Crippen molar-refractivity contribution in [2.75, 3.05) is 14.1 Å². The molecule has 3 heterocycles. The third-order valence-corrected chi connectivity index (χ3v) is 4.67. The van der Waals surface area contributed by atoms with Crippen LogP contribution in [0, 0.1) is 5.82 Å². The van der Waals surface area contributed by atoms with E-state index in [0.29, 0.717) is 18.8 Å². The molecule has 0 saturated carbocycles. The first-order valence-electron chi connectivity index (χ1n) is 9.30. The fourth-order valence-electron chi connectivity index (χ4n) is 3.40. The van der Waals surface area contributed by atoms with Crippen LogP contribution in [-0.4, -0.2) is 43.7 Å². The molecule has 3 aromatic heterocycles. The molecule has 3 N–H and O–H groups in total. The number of aromatic nitrogens is 4. The molecule has 1 unspecified atom stereocenters. The summed E-state index contributed by atoms with van der Waals surface area (Å²) in [5, 5.41) is 20.4. The van der Waals surface area contributed by atoms with Gasteiger partial charge in [0.15, 0.2) is 6.23 Å². The minimum Gasteiger partial charge on any atom is -0.373 e. The SMILES string of the molecule is CN(C)Cc1cc(F)cc(CNC(O)c2ncn3cc(-c4cn[nH]c4)ccc23)c1. The number of nitrogens with zero attached hydrogens (tertiary/aromatic N) is 4. The van der Waals surface area contributed by atoms with Crippen LogP contribution in [0.25, 0.3) is 16.6 Å². The maximum absolute atomic E-state index is 13.9. The molecule has 0 aliphatic heterocycles. The van der Waals surface area contributed by atoms with Gasteiger partial charge in [-0.3, -0.25) is 10.4 Å². The first-order valence-corrected chi connectivity index (χ1v) is 9.30. The fraction of sp³-hybridized carbons (Fsp3) is 0.238. The predicted octanol–water partition coefficient (Wildman–Crippen LogP) is 2.71. The van der Waals surface area contributed by atoms with E-state index in [1.807, 2.05) is 54.0 Å². The highest BCUT2D eigenvalue weighted by atomic mass is 19.1. The molecule has 0 radical (unpaired) electrons. The van der Waals surface area contributed by atoms with Gasteiger partial charge in [-0.05, 0) is 43.4 Å². The van der Waals surface area contributed by atoms with Gasteiger partial charge in [-0.2, -0.15) is 5.10 Å². The highest BCUT2D eigenvalue weighted by Crippen LogP contribution is 2.22. The largest absolute Gasteiger partial charge is 0.373 e. The molecule has 1 aromatic carbocycles. The van der Waals surface area contributed by atoms with Crippen molar-refractivity contribution in [1.29, 1.82) is 0 Å². The third kappa shape index (κ3) is 4.34. The number of hydrogen-bond donors (Lipinski definition) is 3. The molecule has 1 atom stereocenters. The Morgan fingerprint density at radius 2 is 2.03 bits per heavy atom. The van der Waals surface area contributed by atoms with E-state index >= 15 is 0 Å². The molecule has 0 aliphatic carbocycles. The average molecular weight is 394 g/mol. The summed E-state index contributed by atoms with van der Waals surface area (Å²) < 4.78 is 15.8. The lowest BCUT2D eigenvalue weighted by atomic mass is 10.1. The molecule has 4 rings (SSSR count). The highest BCUT2D eigenvalue weighted by Gasteiger charge is 2.15. The van der Waals surface area contributed by atoms with Crippen LogP contribution >= 0.6 is 0 Å². The number of imidazole rings is 1. The maximum Gasteiger partial charge on any atom is 0.150 e. The van der Waals surface area contributed by atoms with Crippen molar-refractivity contribution in [2.24, 2.45) is 0 Å². The number of aliphatic hydroxyl groups excluding tert-OH is 1. The Morgan fingerprint density at radius 1 is 1.21 bits per heavy atom. The summed E-state index contributed by atoms with van der Waals surface area (Å²) in [7, 11) is 3.88.